The van der Waals surface area contributed by atoms with Crippen LogP contribution in [0.3, 0.4) is 0 Å². The van der Waals surface area contributed by atoms with Gasteiger partial charge in [-0.3, -0.25) is 10.1 Å². The normalized spacial score (nSPS) is 16.5. The van der Waals surface area contributed by atoms with Crippen molar-refractivity contribution in [2.24, 2.45) is 0 Å². The van der Waals surface area contributed by atoms with Crippen molar-refractivity contribution in [3.05, 3.63) is 5.51 Å². The summed E-state index contributed by atoms with van der Waals surface area (Å²) >= 11 is 1.24. The molecule has 0 saturated heterocycles. The standard InChI is InChI=1S/C10H14N4O3S/c1-17-7(15)5-10(3-2-4-10)13-8(16)12-9-14-11-6-18-9/h6H,2-5H2,1H3,(H2,12,13,14,16). The fraction of sp³-hybridized carbons (Fsp3) is 0.600. The summed E-state index contributed by atoms with van der Waals surface area (Å²) in [6.45, 7) is 0. The van der Waals surface area contributed by atoms with Crippen LogP contribution in [-0.4, -0.2) is 34.8 Å². The number of aromatic nitrogens is 2. The highest BCUT2D eigenvalue weighted by Gasteiger charge is 2.40. The van der Waals surface area contributed by atoms with Crippen molar-refractivity contribution in [2.45, 2.75) is 31.2 Å². The number of hydrogen-bond acceptors (Lipinski definition) is 6. The van der Waals surface area contributed by atoms with Gasteiger partial charge in [0.05, 0.1) is 19.1 Å². The fourth-order valence-corrected chi connectivity index (χ4v) is 2.33. The zero-order valence-electron chi connectivity index (χ0n) is 9.93. The third-order valence-electron chi connectivity index (χ3n) is 2.98. The minimum atomic E-state index is -0.470. The second-order valence-corrected chi connectivity index (χ2v) is 5.04. The molecule has 1 aliphatic rings. The Balaban J connectivity index is 1.89. The van der Waals surface area contributed by atoms with Gasteiger partial charge in [-0.2, -0.15) is 0 Å². The predicted molar refractivity (Wildman–Crippen MR) is 65.3 cm³/mol. The Bertz CT molecular complexity index is 430. The second-order valence-electron chi connectivity index (χ2n) is 4.21. The van der Waals surface area contributed by atoms with Gasteiger partial charge in [-0.25, -0.2) is 4.79 Å². The average molecular weight is 270 g/mol. The van der Waals surface area contributed by atoms with E-state index in [9.17, 15) is 9.59 Å². The summed E-state index contributed by atoms with van der Waals surface area (Å²) in [7, 11) is 1.34. The van der Waals surface area contributed by atoms with Gasteiger partial charge < -0.3 is 10.1 Å². The molecule has 1 aromatic heterocycles. The van der Waals surface area contributed by atoms with Crippen LogP contribution < -0.4 is 10.6 Å². The molecule has 98 valence electrons. The number of esters is 1. The van der Waals surface area contributed by atoms with Crippen molar-refractivity contribution in [2.75, 3.05) is 12.4 Å². The van der Waals surface area contributed by atoms with Crippen LogP contribution in [-0.2, 0) is 9.53 Å². The van der Waals surface area contributed by atoms with Crippen molar-refractivity contribution in [1.29, 1.82) is 0 Å². The number of urea groups is 1. The van der Waals surface area contributed by atoms with Gasteiger partial charge in [0.15, 0.2) is 0 Å². The van der Waals surface area contributed by atoms with Crippen LogP contribution in [0.15, 0.2) is 5.51 Å². The molecular weight excluding hydrogens is 256 g/mol. The van der Waals surface area contributed by atoms with Gasteiger partial charge in [-0.1, -0.05) is 11.3 Å². The predicted octanol–water partition coefficient (Wildman–Crippen LogP) is 1.15. The number of hydrogen-bond donors (Lipinski definition) is 2. The zero-order valence-corrected chi connectivity index (χ0v) is 10.7. The van der Waals surface area contributed by atoms with Crippen LogP contribution in [0.4, 0.5) is 9.93 Å². The smallest absolute Gasteiger partial charge is 0.321 e. The first-order chi connectivity index (χ1) is 8.63. The molecule has 18 heavy (non-hydrogen) atoms. The van der Waals surface area contributed by atoms with Gasteiger partial charge in [0.1, 0.15) is 5.51 Å². The Labute approximate surface area is 108 Å². The van der Waals surface area contributed by atoms with E-state index in [-0.39, 0.29) is 18.4 Å². The summed E-state index contributed by atoms with van der Waals surface area (Å²) in [6.07, 6.45) is 2.76. The molecule has 2 rings (SSSR count). The van der Waals surface area contributed by atoms with Gasteiger partial charge in [0, 0.05) is 0 Å². The Morgan fingerprint density at radius 3 is 2.83 bits per heavy atom. The maximum Gasteiger partial charge on any atom is 0.321 e. The maximum absolute atomic E-state index is 11.8. The molecule has 1 aromatic rings. The molecule has 2 N–H and O–H groups in total. The molecule has 1 heterocycles. The Hall–Kier alpha value is -1.70. The van der Waals surface area contributed by atoms with E-state index in [0.717, 1.165) is 19.3 Å². The van der Waals surface area contributed by atoms with E-state index in [0.29, 0.717) is 5.13 Å². The second kappa shape index (κ2) is 5.30. The molecular formula is C10H14N4O3S. The van der Waals surface area contributed by atoms with Gasteiger partial charge in [-0.15, -0.1) is 10.2 Å². The molecule has 0 radical (unpaired) electrons. The van der Waals surface area contributed by atoms with Gasteiger partial charge in [0.2, 0.25) is 5.13 Å². The van der Waals surface area contributed by atoms with E-state index in [1.54, 1.807) is 0 Å². The van der Waals surface area contributed by atoms with Crippen molar-refractivity contribution >= 4 is 28.5 Å². The number of carbonyl (C=O) groups excluding carboxylic acids is 2. The molecule has 0 spiro atoms. The molecule has 0 bridgehead atoms. The van der Waals surface area contributed by atoms with Crippen molar-refractivity contribution in [3.63, 3.8) is 0 Å². The van der Waals surface area contributed by atoms with Crippen LogP contribution >= 0.6 is 11.3 Å². The molecule has 1 aliphatic carbocycles. The first-order valence-electron chi connectivity index (χ1n) is 5.56. The largest absolute Gasteiger partial charge is 0.469 e. The SMILES string of the molecule is COC(=O)CC1(NC(=O)Nc2nncs2)CCC1. The van der Waals surface area contributed by atoms with Crippen LogP contribution in [0, 0.1) is 0 Å². The van der Waals surface area contributed by atoms with Gasteiger partial charge in [0.25, 0.3) is 0 Å². The van der Waals surface area contributed by atoms with Gasteiger partial charge in [-0.05, 0) is 19.3 Å². The lowest BCUT2D eigenvalue weighted by Gasteiger charge is -2.41. The van der Waals surface area contributed by atoms with E-state index in [1.165, 1.54) is 24.0 Å². The van der Waals surface area contributed by atoms with Crippen LogP contribution in [0.1, 0.15) is 25.7 Å². The Morgan fingerprint density at radius 2 is 2.33 bits per heavy atom. The third-order valence-corrected chi connectivity index (χ3v) is 3.59. The molecule has 1 saturated carbocycles. The molecule has 2 amide bonds. The maximum atomic E-state index is 11.8. The van der Waals surface area contributed by atoms with E-state index in [2.05, 4.69) is 25.6 Å². The number of ether oxygens (including phenoxy) is 1. The summed E-state index contributed by atoms with van der Waals surface area (Å²) in [5.74, 6) is -0.314. The topological polar surface area (TPSA) is 93.2 Å². The summed E-state index contributed by atoms with van der Waals surface area (Å²) in [4.78, 5) is 23.1. The van der Waals surface area contributed by atoms with E-state index < -0.39 is 5.54 Å². The Kier molecular flexibility index (Phi) is 3.75. The zero-order chi connectivity index (χ0) is 13.0. The van der Waals surface area contributed by atoms with Crippen LogP contribution in [0.2, 0.25) is 0 Å². The number of amides is 2. The molecule has 0 unspecified atom stereocenters. The molecule has 1 fully saturated rings. The van der Waals surface area contributed by atoms with Crippen LogP contribution in [0.25, 0.3) is 0 Å². The number of rotatable bonds is 4. The first kappa shape index (κ1) is 12.7. The third kappa shape index (κ3) is 2.95. The van der Waals surface area contributed by atoms with E-state index in [1.807, 2.05) is 0 Å². The van der Waals surface area contributed by atoms with Crippen molar-refractivity contribution in [1.82, 2.24) is 15.5 Å². The fourth-order valence-electron chi connectivity index (χ4n) is 1.89. The lowest BCUT2D eigenvalue weighted by molar-refractivity contribution is -0.143. The number of methoxy groups -OCH3 is 1. The molecule has 0 aliphatic heterocycles. The molecule has 8 heteroatoms. The van der Waals surface area contributed by atoms with E-state index in [4.69, 9.17) is 0 Å². The number of anilines is 1. The molecule has 0 aromatic carbocycles. The lowest BCUT2D eigenvalue weighted by Crippen LogP contribution is -2.55. The average Bonchev–Trinajstić information content (AvgIpc) is 2.78. The summed E-state index contributed by atoms with van der Waals surface area (Å²) in [5, 5.41) is 13.2. The summed E-state index contributed by atoms with van der Waals surface area (Å²) in [5.41, 5.74) is 1.06. The van der Waals surface area contributed by atoms with Gasteiger partial charge >= 0.3 is 12.0 Å². The van der Waals surface area contributed by atoms with Crippen molar-refractivity contribution in [3.8, 4) is 0 Å². The van der Waals surface area contributed by atoms with Crippen molar-refractivity contribution < 1.29 is 14.3 Å². The minimum Gasteiger partial charge on any atom is -0.469 e. The molecule has 7 nitrogen and oxygen atoms in total. The minimum absolute atomic E-state index is 0.201. The van der Waals surface area contributed by atoms with Crippen LogP contribution in [0.5, 0.6) is 0 Å². The summed E-state index contributed by atoms with van der Waals surface area (Å²) < 4.78 is 4.64. The monoisotopic (exact) mass is 270 g/mol. The Morgan fingerprint density at radius 1 is 1.56 bits per heavy atom. The summed E-state index contributed by atoms with van der Waals surface area (Å²) in [6, 6.07) is -0.365. The highest BCUT2D eigenvalue weighted by molar-refractivity contribution is 7.13. The number of nitrogens with zero attached hydrogens (tertiary/aromatic N) is 2. The number of carbonyl (C=O) groups is 2. The quantitative estimate of drug-likeness (QED) is 0.800. The highest BCUT2D eigenvalue weighted by Crippen LogP contribution is 2.35. The molecule has 0 atom stereocenters. The first-order valence-corrected chi connectivity index (χ1v) is 6.44. The van der Waals surface area contributed by atoms with E-state index >= 15 is 0 Å². The highest BCUT2D eigenvalue weighted by atomic mass is 32.1. The lowest BCUT2D eigenvalue weighted by atomic mass is 9.74. The number of nitrogens with one attached hydrogen (secondary N) is 2.